The van der Waals surface area contributed by atoms with Crippen molar-refractivity contribution in [1.82, 2.24) is 20.2 Å². The number of nitrogens with two attached hydrogens (primary N) is 1. The van der Waals surface area contributed by atoms with E-state index in [2.05, 4.69) is 15.3 Å². The fraction of sp³-hybridized carbons (Fsp3) is 0.429. The van der Waals surface area contributed by atoms with Gasteiger partial charge in [0.25, 0.3) is 0 Å². The summed E-state index contributed by atoms with van der Waals surface area (Å²) < 4.78 is 0. The van der Waals surface area contributed by atoms with Gasteiger partial charge in [0.2, 0.25) is 5.91 Å². The van der Waals surface area contributed by atoms with Crippen molar-refractivity contribution in [2.45, 2.75) is 11.6 Å². The van der Waals surface area contributed by atoms with Gasteiger partial charge in [-0.25, -0.2) is 4.98 Å². The molecule has 0 spiro atoms. The number of nitrogens with one attached hydrogen (secondary N) is 2. The lowest BCUT2D eigenvalue weighted by Gasteiger charge is -2.27. The molecule has 1 aliphatic rings. The van der Waals surface area contributed by atoms with Gasteiger partial charge in [-0.1, -0.05) is 11.8 Å². The maximum Gasteiger partial charge on any atom is 0.223 e. The molecular formula is C14H19N5OS. The molecule has 1 aliphatic heterocycles. The average molecular weight is 305 g/mol. The summed E-state index contributed by atoms with van der Waals surface area (Å²) in [5.41, 5.74) is 8.30. The first kappa shape index (κ1) is 14.2. The van der Waals surface area contributed by atoms with Crippen molar-refractivity contribution in [3.8, 4) is 0 Å². The number of nitrogen functional groups attached to an aromatic ring is 1. The van der Waals surface area contributed by atoms with Gasteiger partial charge in [0.1, 0.15) is 0 Å². The van der Waals surface area contributed by atoms with Gasteiger partial charge in [0.15, 0.2) is 5.16 Å². The molecule has 0 bridgehead atoms. The van der Waals surface area contributed by atoms with Crippen LogP contribution in [0.4, 0.5) is 5.69 Å². The molecule has 112 valence electrons. The molecule has 7 heteroatoms. The Bertz CT molecular complexity index is 635. The van der Waals surface area contributed by atoms with Crippen molar-refractivity contribution in [2.75, 3.05) is 37.7 Å². The van der Waals surface area contributed by atoms with Crippen LogP contribution in [0.5, 0.6) is 0 Å². The molecular weight excluding hydrogens is 286 g/mol. The summed E-state index contributed by atoms with van der Waals surface area (Å²) in [6.45, 7) is 3.41. The van der Waals surface area contributed by atoms with Gasteiger partial charge in [-0.05, 0) is 18.2 Å². The lowest BCUT2D eigenvalue weighted by atomic mass is 10.3. The molecule has 0 atom stereocenters. The van der Waals surface area contributed by atoms with Crippen molar-refractivity contribution < 1.29 is 4.79 Å². The number of benzene rings is 1. The zero-order valence-corrected chi connectivity index (χ0v) is 12.6. The Morgan fingerprint density at radius 1 is 1.38 bits per heavy atom. The van der Waals surface area contributed by atoms with Crippen LogP contribution in [0.3, 0.4) is 0 Å². The largest absolute Gasteiger partial charge is 0.399 e. The second kappa shape index (κ2) is 6.36. The van der Waals surface area contributed by atoms with E-state index in [1.165, 1.54) is 0 Å². The maximum absolute atomic E-state index is 12.0. The molecule has 1 aromatic heterocycles. The molecule has 1 fully saturated rings. The molecule has 0 radical (unpaired) electrons. The number of rotatable bonds is 4. The van der Waals surface area contributed by atoms with Gasteiger partial charge in [0, 0.05) is 44.0 Å². The number of hydrogen-bond acceptors (Lipinski definition) is 5. The van der Waals surface area contributed by atoms with E-state index in [1.807, 2.05) is 23.1 Å². The van der Waals surface area contributed by atoms with Crippen LogP contribution in [0, 0.1) is 0 Å². The third kappa shape index (κ3) is 3.48. The average Bonchev–Trinajstić information content (AvgIpc) is 2.89. The van der Waals surface area contributed by atoms with Crippen LogP contribution in [0.1, 0.15) is 6.42 Å². The van der Waals surface area contributed by atoms with Crippen molar-refractivity contribution in [2.24, 2.45) is 0 Å². The van der Waals surface area contributed by atoms with Crippen LogP contribution in [0.2, 0.25) is 0 Å². The summed E-state index contributed by atoms with van der Waals surface area (Å²) in [5, 5.41) is 4.08. The highest BCUT2D eigenvalue weighted by Crippen LogP contribution is 2.21. The van der Waals surface area contributed by atoms with Crippen molar-refractivity contribution in [3.05, 3.63) is 18.2 Å². The van der Waals surface area contributed by atoms with E-state index in [0.717, 1.165) is 53.8 Å². The Morgan fingerprint density at radius 3 is 3.00 bits per heavy atom. The maximum atomic E-state index is 12.0. The van der Waals surface area contributed by atoms with Crippen LogP contribution in [-0.2, 0) is 4.79 Å². The molecule has 2 aromatic rings. The minimum Gasteiger partial charge on any atom is -0.399 e. The summed E-state index contributed by atoms with van der Waals surface area (Å²) in [5.74, 6) is 0.960. The van der Waals surface area contributed by atoms with Gasteiger partial charge >= 0.3 is 0 Å². The van der Waals surface area contributed by atoms with Crippen LogP contribution >= 0.6 is 11.8 Å². The number of thioether (sulfide) groups is 1. The number of H-pyrrole nitrogens is 1. The molecule has 21 heavy (non-hydrogen) atoms. The number of amides is 1. The predicted molar refractivity (Wildman–Crippen MR) is 85.3 cm³/mol. The number of aromatic nitrogens is 2. The molecule has 0 aliphatic carbocycles. The number of carbonyl (C=O) groups excluding carboxylic acids is 1. The Balaban J connectivity index is 1.53. The fourth-order valence-corrected chi connectivity index (χ4v) is 3.19. The van der Waals surface area contributed by atoms with Gasteiger partial charge in [-0.2, -0.15) is 0 Å². The standard InChI is InChI=1S/C14H19N5OS/c15-10-1-2-11-12(9-10)18-14(17-11)21-8-3-13(20)19-6-4-16-5-7-19/h1-2,9,16H,3-8,15H2,(H,17,18). The lowest BCUT2D eigenvalue weighted by molar-refractivity contribution is -0.131. The first-order valence-electron chi connectivity index (χ1n) is 7.09. The highest BCUT2D eigenvalue weighted by Gasteiger charge is 2.15. The number of piperazine rings is 1. The fourth-order valence-electron chi connectivity index (χ4n) is 2.38. The first-order valence-corrected chi connectivity index (χ1v) is 8.07. The topological polar surface area (TPSA) is 87.0 Å². The number of imidazole rings is 1. The normalized spacial score (nSPS) is 15.5. The Kier molecular flexibility index (Phi) is 4.31. The van der Waals surface area contributed by atoms with Crippen molar-refractivity contribution in [3.63, 3.8) is 0 Å². The second-order valence-corrected chi connectivity index (χ2v) is 6.13. The van der Waals surface area contributed by atoms with E-state index >= 15 is 0 Å². The molecule has 4 N–H and O–H groups in total. The van der Waals surface area contributed by atoms with Crippen molar-refractivity contribution >= 4 is 34.4 Å². The number of hydrogen-bond donors (Lipinski definition) is 3. The smallest absolute Gasteiger partial charge is 0.223 e. The predicted octanol–water partition coefficient (Wildman–Crippen LogP) is 1.06. The number of anilines is 1. The van der Waals surface area contributed by atoms with Gasteiger partial charge in [0.05, 0.1) is 11.0 Å². The molecule has 1 aromatic carbocycles. The number of carbonyl (C=O) groups is 1. The SMILES string of the molecule is Nc1ccc2nc(SCCC(=O)N3CCNCC3)[nH]c2c1. The van der Waals surface area contributed by atoms with Crippen LogP contribution in [0.25, 0.3) is 11.0 Å². The second-order valence-electron chi connectivity index (χ2n) is 5.05. The van der Waals surface area contributed by atoms with E-state index in [1.54, 1.807) is 11.8 Å². The molecule has 0 saturated carbocycles. The highest BCUT2D eigenvalue weighted by atomic mass is 32.2. The van der Waals surface area contributed by atoms with E-state index in [0.29, 0.717) is 6.42 Å². The van der Waals surface area contributed by atoms with Gasteiger partial charge < -0.3 is 20.9 Å². The number of nitrogens with zero attached hydrogens (tertiary/aromatic N) is 2. The van der Waals surface area contributed by atoms with Crippen molar-refractivity contribution in [1.29, 1.82) is 0 Å². The zero-order chi connectivity index (χ0) is 14.7. The van der Waals surface area contributed by atoms with Gasteiger partial charge in [-0.3, -0.25) is 4.79 Å². The minimum absolute atomic E-state index is 0.226. The molecule has 6 nitrogen and oxygen atoms in total. The summed E-state index contributed by atoms with van der Waals surface area (Å²) in [6, 6.07) is 5.61. The van der Waals surface area contributed by atoms with Crippen LogP contribution < -0.4 is 11.1 Å². The van der Waals surface area contributed by atoms with E-state index < -0.39 is 0 Å². The quantitative estimate of drug-likeness (QED) is 0.581. The summed E-state index contributed by atoms with van der Waals surface area (Å²) >= 11 is 1.57. The molecule has 1 saturated heterocycles. The Hall–Kier alpha value is -1.73. The number of aromatic amines is 1. The van der Waals surface area contributed by atoms with E-state index in [-0.39, 0.29) is 5.91 Å². The summed E-state index contributed by atoms with van der Waals surface area (Å²) in [4.78, 5) is 21.7. The minimum atomic E-state index is 0.226. The van der Waals surface area contributed by atoms with Gasteiger partial charge in [-0.15, -0.1) is 0 Å². The molecule has 2 heterocycles. The number of fused-ring (bicyclic) bond motifs is 1. The Labute approximate surface area is 127 Å². The molecule has 0 unspecified atom stereocenters. The molecule has 3 rings (SSSR count). The monoisotopic (exact) mass is 305 g/mol. The highest BCUT2D eigenvalue weighted by molar-refractivity contribution is 7.99. The third-order valence-corrected chi connectivity index (χ3v) is 4.38. The zero-order valence-electron chi connectivity index (χ0n) is 11.8. The van der Waals surface area contributed by atoms with Crippen LogP contribution in [0.15, 0.2) is 23.4 Å². The molecule has 1 amide bonds. The lowest BCUT2D eigenvalue weighted by Crippen LogP contribution is -2.46. The summed E-state index contributed by atoms with van der Waals surface area (Å²) in [7, 11) is 0. The first-order chi connectivity index (χ1) is 10.2. The van der Waals surface area contributed by atoms with Crippen LogP contribution in [-0.4, -0.2) is 52.7 Å². The summed E-state index contributed by atoms with van der Waals surface area (Å²) in [6.07, 6.45) is 0.545. The van der Waals surface area contributed by atoms with E-state index in [9.17, 15) is 4.79 Å². The Morgan fingerprint density at radius 2 is 2.19 bits per heavy atom. The third-order valence-electron chi connectivity index (χ3n) is 3.51. The van der Waals surface area contributed by atoms with E-state index in [4.69, 9.17) is 5.73 Å².